The largest absolute Gasteiger partial charge is 0.309 e. The van der Waals surface area contributed by atoms with Crippen LogP contribution in [0.5, 0.6) is 0 Å². The molecule has 0 saturated heterocycles. The van der Waals surface area contributed by atoms with E-state index in [1.165, 1.54) is 65.1 Å². The average molecular weight is 750 g/mol. The van der Waals surface area contributed by atoms with Gasteiger partial charge in [0.05, 0.1) is 22.4 Å². The van der Waals surface area contributed by atoms with Gasteiger partial charge in [-0.3, -0.25) is 0 Å². The maximum atomic E-state index is 5.24. The lowest BCUT2D eigenvalue weighted by atomic mass is 9.88. The molecule has 0 aliphatic carbocycles. The molecule has 0 aliphatic heterocycles. The van der Waals surface area contributed by atoms with Gasteiger partial charge in [-0.2, -0.15) is 0 Å². The second kappa shape index (κ2) is 13.4. The van der Waals surface area contributed by atoms with Crippen molar-refractivity contribution >= 4 is 64.9 Å². The molecular weight excluding hydrogens is 715 g/mol. The van der Waals surface area contributed by atoms with Crippen LogP contribution in [0.2, 0.25) is 0 Å². The van der Waals surface area contributed by atoms with E-state index in [0.29, 0.717) is 0 Å². The van der Waals surface area contributed by atoms with Gasteiger partial charge in [-0.15, -0.1) is 0 Å². The first-order valence-corrected chi connectivity index (χ1v) is 20.2. The highest BCUT2D eigenvalue weighted by atomic mass is 15.0. The minimum absolute atomic E-state index is 0.717. The van der Waals surface area contributed by atoms with Gasteiger partial charge in [0.2, 0.25) is 0 Å². The molecule has 0 bridgehead atoms. The highest BCUT2D eigenvalue weighted by Crippen LogP contribution is 2.47. The summed E-state index contributed by atoms with van der Waals surface area (Å²) in [6, 6.07) is 76.2. The van der Waals surface area contributed by atoms with Gasteiger partial charge in [0.25, 0.3) is 0 Å². The smallest absolute Gasteiger partial charge is 0.161 e. The van der Waals surface area contributed by atoms with Gasteiger partial charge in [-0.25, -0.2) is 9.97 Å². The summed E-state index contributed by atoms with van der Waals surface area (Å²) in [5, 5.41) is 12.4. The molecule has 0 radical (unpaired) electrons. The van der Waals surface area contributed by atoms with E-state index in [-0.39, 0.29) is 0 Å². The lowest BCUT2D eigenvalue weighted by Crippen LogP contribution is -1.96. The minimum atomic E-state index is 0.717. The highest BCUT2D eigenvalue weighted by Gasteiger charge is 2.22. The van der Waals surface area contributed by atoms with Crippen LogP contribution in [0.4, 0.5) is 0 Å². The Morgan fingerprint density at radius 1 is 0.322 bits per heavy atom. The van der Waals surface area contributed by atoms with E-state index in [1.54, 1.807) is 0 Å². The van der Waals surface area contributed by atoms with Gasteiger partial charge in [0.1, 0.15) is 0 Å². The zero-order valence-electron chi connectivity index (χ0n) is 32.0. The Labute approximate surface area is 341 Å². The molecule has 0 atom stereocenters. The zero-order valence-corrected chi connectivity index (χ0v) is 32.0. The van der Waals surface area contributed by atoms with Crippen molar-refractivity contribution in [2.45, 2.75) is 0 Å². The highest BCUT2D eigenvalue weighted by molar-refractivity contribution is 6.38. The summed E-state index contributed by atoms with van der Waals surface area (Å²) in [7, 11) is 0. The normalized spacial score (nSPS) is 11.7. The summed E-state index contributed by atoms with van der Waals surface area (Å²) < 4.78 is 2.45. The fourth-order valence-electron chi connectivity index (χ4n) is 9.33. The van der Waals surface area contributed by atoms with Crippen molar-refractivity contribution in [2.24, 2.45) is 0 Å². The van der Waals surface area contributed by atoms with Crippen LogP contribution in [0.3, 0.4) is 0 Å². The third-order valence-electron chi connectivity index (χ3n) is 12.0. The van der Waals surface area contributed by atoms with E-state index in [4.69, 9.17) is 9.97 Å². The van der Waals surface area contributed by atoms with E-state index in [9.17, 15) is 0 Å². The predicted molar refractivity (Wildman–Crippen MR) is 248 cm³/mol. The summed E-state index contributed by atoms with van der Waals surface area (Å²) in [6.07, 6.45) is 0. The molecule has 0 fully saturated rings. The maximum Gasteiger partial charge on any atom is 0.161 e. The molecule has 0 N–H and O–H groups in total. The molecule has 0 unspecified atom stereocenters. The van der Waals surface area contributed by atoms with Crippen molar-refractivity contribution in [2.75, 3.05) is 0 Å². The predicted octanol–water partition coefficient (Wildman–Crippen LogP) is 14.9. The zero-order chi connectivity index (χ0) is 38.9. The molecule has 3 nitrogen and oxygen atoms in total. The van der Waals surface area contributed by atoms with Crippen LogP contribution in [0, 0.1) is 0 Å². The first-order valence-electron chi connectivity index (χ1n) is 20.2. The number of benzene rings is 10. The minimum Gasteiger partial charge on any atom is -0.309 e. The number of hydrogen-bond donors (Lipinski definition) is 0. The molecule has 0 aliphatic rings. The standard InChI is InChI=1S/C56H35N3/c1-3-17-38(18-4-1)50-35-51(58-56(57-50)46-28-15-19-36-16-7-8-22-41(36)46)39-32-30-37(31-33-39)48-34-49-43-24-10-12-26-45(43)55-54(53(49)44-25-11-9-23-42(44)48)47-27-13-14-29-52(47)59(55)40-20-5-2-6-21-40/h1-35H. The van der Waals surface area contributed by atoms with Gasteiger partial charge in [0, 0.05) is 43.9 Å². The molecule has 2 aromatic heterocycles. The Kier molecular flexibility index (Phi) is 7.54. The summed E-state index contributed by atoms with van der Waals surface area (Å²) in [5.74, 6) is 0.717. The molecule has 0 spiro atoms. The van der Waals surface area contributed by atoms with Crippen LogP contribution in [0.15, 0.2) is 212 Å². The second-order valence-electron chi connectivity index (χ2n) is 15.3. The lowest BCUT2D eigenvalue weighted by Gasteiger charge is -2.16. The first-order chi connectivity index (χ1) is 29.3. The molecule has 0 saturated carbocycles. The molecule has 59 heavy (non-hydrogen) atoms. The molecule has 3 heteroatoms. The van der Waals surface area contributed by atoms with E-state index < -0.39 is 0 Å². The number of aromatic nitrogens is 3. The number of rotatable bonds is 5. The van der Waals surface area contributed by atoms with Gasteiger partial charge >= 0.3 is 0 Å². The quantitative estimate of drug-likeness (QED) is 0.164. The van der Waals surface area contributed by atoms with Crippen LogP contribution in [-0.2, 0) is 0 Å². The van der Waals surface area contributed by atoms with Crippen molar-refractivity contribution < 1.29 is 0 Å². The Bertz CT molecular complexity index is 3580. The molecule has 12 aromatic rings. The lowest BCUT2D eigenvalue weighted by molar-refractivity contribution is 1.19. The Morgan fingerprint density at radius 2 is 0.881 bits per heavy atom. The average Bonchev–Trinajstić information content (AvgIpc) is 3.67. The Balaban J connectivity index is 1.08. The Morgan fingerprint density at radius 3 is 1.64 bits per heavy atom. The summed E-state index contributed by atoms with van der Waals surface area (Å²) >= 11 is 0. The van der Waals surface area contributed by atoms with E-state index >= 15 is 0 Å². The molecule has 0 amide bonds. The number of fused-ring (bicyclic) bond motifs is 11. The van der Waals surface area contributed by atoms with Crippen molar-refractivity contribution in [1.82, 2.24) is 14.5 Å². The number of hydrogen-bond acceptors (Lipinski definition) is 2. The van der Waals surface area contributed by atoms with Crippen LogP contribution >= 0.6 is 0 Å². The first kappa shape index (κ1) is 33.3. The fourth-order valence-corrected chi connectivity index (χ4v) is 9.33. The van der Waals surface area contributed by atoms with E-state index in [2.05, 4.69) is 211 Å². The van der Waals surface area contributed by atoms with Gasteiger partial charge in [0.15, 0.2) is 5.82 Å². The summed E-state index contributed by atoms with van der Waals surface area (Å²) in [4.78, 5) is 10.4. The third-order valence-corrected chi connectivity index (χ3v) is 12.0. The second-order valence-corrected chi connectivity index (χ2v) is 15.3. The monoisotopic (exact) mass is 749 g/mol. The summed E-state index contributed by atoms with van der Waals surface area (Å²) in [5.41, 5.74) is 10.9. The Hall–Kier alpha value is -7.88. The van der Waals surface area contributed by atoms with Crippen LogP contribution in [0.25, 0.3) is 116 Å². The van der Waals surface area contributed by atoms with Crippen molar-refractivity contribution in [3.8, 4) is 50.7 Å². The van der Waals surface area contributed by atoms with E-state index in [1.807, 2.05) is 6.07 Å². The van der Waals surface area contributed by atoms with Gasteiger partial charge in [-0.05, 0) is 73.8 Å². The molecule has 2 heterocycles. The van der Waals surface area contributed by atoms with Gasteiger partial charge in [-0.1, -0.05) is 182 Å². The fraction of sp³-hybridized carbons (Fsp3) is 0. The molecule has 12 rings (SSSR count). The summed E-state index contributed by atoms with van der Waals surface area (Å²) in [6.45, 7) is 0. The SMILES string of the molecule is c1ccc(-c2cc(-c3ccc(-c4cc5c6ccccc6c6c(c7ccccc7n6-c6ccccc6)c5c5ccccc45)cc3)nc(-c3cccc4ccccc34)n2)cc1. The number of para-hydroxylation sites is 2. The van der Waals surface area contributed by atoms with Crippen molar-refractivity contribution in [3.05, 3.63) is 212 Å². The molecular formula is C56H35N3. The van der Waals surface area contributed by atoms with E-state index in [0.717, 1.165) is 50.5 Å². The van der Waals surface area contributed by atoms with Crippen molar-refractivity contribution in [1.29, 1.82) is 0 Å². The van der Waals surface area contributed by atoms with Crippen LogP contribution < -0.4 is 0 Å². The van der Waals surface area contributed by atoms with Crippen LogP contribution in [0.1, 0.15) is 0 Å². The third kappa shape index (κ3) is 5.29. The maximum absolute atomic E-state index is 5.24. The van der Waals surface area contributed by atoms with Crippen LogP contribution in [-0.4, -0.2) is 14.5 Å². The molecule has 10 aromatic carbocycles. The topological polar surface area (TPSA) is 30.7 Å². The van der Waals surface area contributed by atoms with Gasteiger partial charge < -0.3 is 4.57 Å². The molecule has 274 valence electrons. The van der Waals surface area contributed by atoms with Crippen molar-refractivity contribution in [3.63, 3.8) is 0 Å². The number of nitrogens with zero attached hydrogens (tertiary/aromatic N) is 3.